The quantitative estimate of drug-likeness (QED) is 0.0211. The summed E-state index contributed by atoms with van der Waals surface area (Å²) >= 11 is 0. The van der Waals surface area contributed by atoms with Gasteiger partial charge in [0.1, 0.15) is 19.8 Å². The van der Waals surface area contributed by atoms with Crippen LogP contribution in [0.1, 0.15) is 277 Å². The van der Waals surface area contributed by atoms with Crippen LogP contribution >= 0.6 is 7.82 Å². The van der Waals surface area contributed by atoms with Gasteiger partial charge in [0.2, 0.25) is 0 Å². The minimum atomic E-state index is -4.38. The van der Waals surface area contributed by atoms with Crippen LogP contribution < -0.4 is 0 Å². The predicted octanol–water partition coefficient (Wildman–Crippen LogP) is 18.0. The first-order valence-electron chi connectivity index (χ1n) is 29.2. The lowest BCUT2D eigenvalue weighted by molar-refractivity contribution is -0.870. The molecule has 0 bridgehead atoms. The Labute approximate surface area is 427 Å². The third-order valence-electron chi connectivity index (χ3n) is 12.9. The molecule has 1 N–H and O–H groups in total. The summed E-state index contributed by atoms with van der Waals surface area (Å²) in [4.78, 5) is 35.5. The van der Waals surface area contributed by atoms with Gasteiger partial charge in [0, 0.05) is 12.8 Å². The molecule has 0 aliphatic carbocycles. The zero-order chi connectivity index (χ0) is 50.6. The second kappa shape index (κ2) is 51.1. The van der Waals surface area contributed by atoms with Crippen LogP contribution in [0.3, 0.4) is 0 Å². The molecule has 69 heavy (non-hydrogen) atoms. The number of quaternary nitrogens is 1. The van der Waals surface area contributed by atoms with E-state index >= 15 is 0 Å². The van der Waals surface area contributed by atoms with E-state index in [4.69, 9.17) is 18.5 Å². The Kier molecular flexibility index (Phi) is 49.8. The molecule has 0 spiro atoms. The molecule has 0 aromatic heterocycles. The average molecular weight is 996 g/mol. The lowest BCUT2D eigenvalue weighted by Gasteiger charge is -2.24. The van der Waals surface area contributed by atoms with Crippen molar-refractivity contribution in [2.24, 2.45) is 0 Å². The molecule has 9 nitrogen and oxygen atoms in total. The first-order chi connectivity index (χ1) is 33.5. The number of carbonyl (C=O) groups excluding carboxylic acids is 2. The van der Waals surface area contributed by atoms with E-state index in [-0.39, 0.29) is 32.0 Å². The smallest absolute Gasteiger partial charge is 0.462 e. The molecule has 0 fully saturated rings. The number of phosphoric acid groups is 1. The Bertz CT molecular complexity index is 1260. The maximum Gasteiger partial charge on any atom is 0.472 e. The zero-order valence-electron chi connectivity index (χ0n) is 46.1. The van der Waals surface area contributed by atoms with Gasteiger partial charge in [-0.3, -0.25) is 18.6 Å². The molecule has 0 aliphatic heterocycles. The van der Waals surface area contributed by atoms with E-state index in [1.165, 1.54) is 180 Å². The largest absolute Gasteiger partial charge is 0.472 e. The Morgan fingerprint density at radius 2 is 0.812 bits per heavy atom. The van der Waals surface area contributed by atoms with Gasteiger partial charge < -0.3 is 18.9 Å². The number of hydrogen-bond donors (Lipinski definition) is 1. The van der Waals surface area contributed by atoms with E-state index in [0.717, 1.165) is 64.2 Å². The lowest BCUT2D eigenvalue weighted by atomic mass is 10.0. The van der Waals surface area contributed by atoms with Gasteiger partial charge in [0.25, 0.3) is 0 Å². The van der Waals surface area contributed by atoms with Gasteiger partial charge in [-0.15, -0.1) is 0 Å². The topological polar surface area (TPSA) is 108 Å². The van der Waals surface area contributed by atoms with Crippen LogP contribution in [0.4, 0.5) is 0 Å². The van der Waals surface area contributed by atoms with E-state index in [1.54, 1.807) is 0 Å². The first kappa shape index (κ1) is 67.2. The van der Waals surface area contributed by atoms with Gasteiger partial charge in [-0.25, -0.2) is 4.57 Å². The molecule has 10 heteroatoms. The third kappa shape index (κ3) is 55.4. The van der Waals surface area contributed by atoms with Crippen LogP contribution in [-0.4, -0.2) is 74.9 Å². The summed E-state index contributed by atoms with van der Waals surface area (Å²) in [7, 11) is 1.48. The molecule has 2 atom stereocenters. The molecular formula is C59H113NO8P+. The van der Waals surface area contributed by atoms with Crippen molar-refractivity contribution < 1.29 is 42.1 Å². The van der Waals surface area contributed by atoms with E-state index in [9.17, 15) is 19.0 Å². The molecule has 0 saturated carbocycles. The molecule has 0 heterocycles. The number of hydrogen-bond acceptors (Lipinski definition) is 7. The lowest BCUT2D eigenvalue weighted by Crippen LogP contribution is -2.37. The fourth-order valence-electron chi connectivity index (χ4n) is 8.34. The molecule has 0 saturated heterocycles. The van der Waals surface area contributed by atoms with Crippen molar-refractivity contribution >= 4 is 19.8 Å². The average Bonchev–Trinajstić information content (AvgIpc) is 3.31. The van der Waals surface area contributed by atoms with Crippen molar-refractivity contribution in [3.05, 3.63) is 36.5 Å². The fraction of sp³-hybridized carbons (Fsp3) is 0.864. The number of likely N-dealkylation sites (N-methyl/N-ethyl adjacent to an activating group) is 1. The summed E-state index contributed by atoms with van der Waals surface area (Å²) in [6.45, 7) is 4.37. The van der Waals surface area contributed by atoms with Crippen LogP contribution in [0.15, 0.2) is 36.5 Å². The van der Waals surface area contributed by atoms with Crippen molar-refractivity contribution in [1.82, 2.24) is 0 Å². The maximum absolute atomic E-state index is 12.8. The summed E-state index contributed by atoms with van der Waals surface area (Å²) in [5, 5.41) is 0. The highest BCUT2D eigenvalue weighted by atomic mass is 31.2. The molecule has 406 valence electrons. The highest BCUT2D eigenvalue weighted by Crippen LogP contribution is 2.43. The zero-order valence-corrected chi connectivity index (χ0v) is 47.0. The van der Waals surface area contributed by atoms with Crippen LogP contribution in [0.25, 0.3) is 0 Å². The van der Waals surface area contributed by atoms with E-state index in [1.807, 2.05) is 21.1 Å². The molecule has 0 aromatic carbocycles. The number of rotatable bonds is 54. The van der Waals surface area contributed by atoms with E-state index < -0.39 is 26.5 Å². The standard InChI is InChI=1S/C59H112NO8P/c1-6-8-10-12-14-16-18-19-20-21-22-23-24-25-26-27-28-29-30-31-32-33-34-35-36-37-38-39-40-41-42-44-46-48-50-52-59(62)68-57(56-67-69(63,64)66-54-53-60(3,4)5)55-65-58(61)51-49-47-45-43-17-15-13-11-9-7-2/h11,13,18-19,21-22,57H,6-10,12,14-17,20,23-56H2,1-5H3/p+1/b13-11-,19-18-,22-21-. The SMILES string of the molecule is CCC/C=C\CCCCCCCC(=O)OCC(COP(=O)(O)OCC[N+](C)(C)C)OC(=O)CCCCCCCCCCCCCCCCCCCCCCCCC/C=C\C/C=C\CCCCCCC. The second-order valence-corrected chi connectivity index (χ2v) is 22.5. The summed E-state index contributed by atoms with van der Waals surface area (Å²) in [6.07, 6.45) is 62.5. The van der Waals surface area contributed by atoms with Gasteiger partial charge in [0.15, 0.2) is 6.10 Å². The van der Waals surface area contributed by atoms with Crippen LogP contribution in [0.2, 0.25) is 0 Å². The molecule has 0 amide bonds. The number of carbonyl (C=O) groups is 2. The van der Waals surface area contributed by atoms with E-state index in [0.29, 0.717) is 17.4 Å². The molecule has 0 radical (unpaired) electrons. The number of allylic oxidation sites excluding steroid dienone is 6. The fourth-order valence-corrected chi connectivity index (χ4v) is 9.09. The monoisotopic (exact) mass is 995 g/mol. The number of ether oxygens (including phenoxy) is 2. The minimum Gasteiger partial charge on any atom is -0.462 e. The van der Waals surface area contributed by atoms with Crippen molar-refractivity contribution in [2.75, 3.05) is 47.5 Å². The van der Waals surface area contributed by atoms with Gasteiger partial charge >= 0.3 is 19.8 Å². The minimum absolute atomic E-state index is 0.0322. The Balaban J connectivity index is 3.89. The van der Waals surface area contributed by atoms with Crippen molar-refractivity contribution in [1.29, 1.82) is 0 Å². The highest BCUT2D eigenvalue weighted by Gasteiger charge is 2.27. The number of phosphoric ester groups is 1. The third-order valence-corrected chi connectivity index (χ3v) is 13.9. The maximum atomic E-state index is 12.8. The molecule has 0 rings (SSSR count). The normalized spacial score (nSPS) is 13.5. The predicted molar refractivity (Wildman–Crippen MR) is 294 cm³/mol. The Morgan fingerprint density at radius 1 is 0.449 bits per heavy atom. The van der Waals surface area contributed by atoms with Gasteiger partial charge in [0.05, 0.1) is 27.7 Å². The Hall–Kier alpha value is -1.77. The number of unbranched alkanes of at least 4 members (excludes halogenated alkanes) is 34. The number of esters is 2. The first-order valence-corrected chi connectivity index (χ1v) is 30.7. The van der Waals surface area contributed by atoms with Gasteiger partial charge in [-0.2, -0.15) is 0 Å². The number of nitrogens with zero attached hydrogens (tertiary/aromatic N) is 1. The molecule has 0 aliphatic rings. The van der Waals surface area contributed by atoms with Crippen molar-refractivity contribution in [3.8, 4) is 0 Å². The second-order valence-electron chi connectivity index (χ2n) is 21.0. The molecule has 2 unspecified atom stereocenters. The summed E-state index contributed by atoms with van der Waals surface area (Å²) in [5.41, 5.74) is 0. The van der Waals surface area contributed by atoms with Crippen LogP contribution in [-0.2, 0) is 32.7 Å². The summed E-state index contributed by atoms with van der Waals surface area (Å²) in [6, 6.07) is 0. The van der Waals surface area contributed by atoms with Gasteiger partial charge in [-0.05, 0) is 64.2 Å². The van der Waals surface area contributed by atoms with Crippen LogP contribution in [0.5, 0.6) is 0 Å². The molecular weight excluding hydrogens is 882 g/mol. The molecule has 0 aromatic rings. The Morgan fingerprint density at radius 3 is 1.22 bits per heavy atom. The summed E-state index contributed by atoms with van der Waals surface area (Å²) in [5.74, 6) is -0.800. The van der Waals surface area contributed by atoms with Gasteiger partial charge in [-0.1, -0.05) is 237 Å². The van der Waals surface area contributed by atoms with Crippen molar-refractivity contribution in [2.45, 2.75) is 283 Å². The van der Waals surface area contributed by atoms with Crippen molar-refractivity contribution in [3.63, 3.8) is 0 Å². The highest BCUT2D eigenvalue weighted by molar-refractivity contribution is 7.47. The van der Waals surface area contributed by atoms with E-state index in [2.05, 4.69) is 50.3 Å². The van der Waals surface area contributed by atoms with Crippen LogP contribution in [0, 0.1) is 0 Å². The summed E-state index contributed by atoms with van der Waals surface area (Å²) < 4.78 is 34.4.